The van der Waals surface area contributed by atoms with Gasteiger partial charge in [-0.05, 0) is 34.5 Å². The molecule has 0 atom stereocenters. The molecule has 0 radical (unpaired) electrons. The highest BCUT2D eigenvalue weighted by Gasteiger charge is 1.92. The van der Waals surface area contributed by atoms with Gasteiger partial charge in [0.25, 0.3) is 0 Å². The molecular formula is C8H13BrN2. The fourth-order valence-electron chi connectivity index (χ4n) is 0.532. The first kappa shape index (κ1) is 10.4. The summed E-state index contributed by atoms with van der Waals surface area (Å²) in [6.07, 6.45) is 1.64. The van der Waals surface area contributed by atoms with Gasteiger partial charge in [0, 0.05) is 0 Å². The number of hydrogen-bond acceptors (Lipinski definition) is 2. The van der Waals surface area contributed by atoms with Gasteiger partial charge in [-0.15, -0.1) is 0 Å². The summed E-state index contributed by atoms with van der Waals surface area (Å²) in [4.78, 5) is 3.93. The summed E-state index contributed by atoms with van der Waals surface area (Å²) >= 11 is 3.23. The normalized spacial score (nSPS) is 8.36. The number of hydrogen-bond donors (Lipinski definition) is 1. The second kappa shape index (κ2) is 5.13. The molecule has 2 N–H and O–H groups in total. The van der Waals surface area contributed by atoms with Crippen LogP contribution in [-0.4, -0.2) is 4.98 Å². The molecule has 0 unspecified atom stereocenters. The van der Waals surface area contributed by atoms with Gasteiger partial charge in [-0.2, -0.15) is 0 Å². The third-order valence-corrected chi connectivity index (χ3v) is 1.55. The average molecular weight is 217 g/mol. The number of rotatable bonds is 0. The lowest BCUT2D eigenvalue weighted by molar-refractivity contribution is 1.25. The maximum absolute atomic E-state index is 5.51. The molecule has 1 rings (SSSR count). The monoisotopic (exact) mass is 216 g/mol. The molecule has 62 valence electrons. The number of nitrogens with two attached hydrogens (primary N) is 1. The molecule has 1 aromatic heterocycles. The predicted octanol–water partition coefficient (Wildman–Crippen LogP) is 2.76. The van der Waals surface area contributed by atoms with E-state index >= 15 is 0 Å². The standard InChI is InChI=1S/C6H7BrN2.C2H6/c1-4-2-6(7)9-3-5(4)8;1-2/h2-3H,8H2,1H3;1-2H3. The number of anilines is 1. The summed E-state index contributed by atoms with van der Waals surface area (Å²) in [6.45, 7) is 5.95. The maximum Gasteiger partial charge on any atom is 0.106 e. The van der Waals surface area contributed by atoms with Crippen molar-refractivity contribution in [3.63, 3.8) is 0 Å². The van der Waals surface area contributed by atoms with Crippen molar-refractivity contribution in [1.29, 1.82) is 0 Å². The summed E-state index contributed by atoms with van der Waals surface area (Å²) in [5, 5.41) is 0. The zero-order valence-electron chi connectivity index (χ0n) is 7.06. The van der Waals surface area contributed by atoms with Gasteiger partial charge < -0.3 is 5.73 Å². The molecule has 0 aliphatic rings. The van der Waals surface area contributed by atoms with Crippen molar-refractivity contribution in [3.05, 3.63) is 22.4 Å². The van der Waals surface area contributed by atoms with Crippen molar-refractivity contribution in [1.82, 2.24) is 4.98 Å². The molecular weight excluding hydrogens is 204 g/mol. The maximum atomic E-state index is 5.51. The molecule has 0 aliphatic heterocycles. The van der Waals surface area contributed by atoms with Crippen molar-refractivity contribution in [2.75, 3.05) is 5.73 Å². The summed E-state index contributed by atoms with van der Waals surface area (Å²) in [6, 6.07) is 1.88. The minimum absolute atomic E-state index is 0.734. The zero-order valence-corrected chi connectivity index (χ0v) is 8.64. The number of aryl methyl sites for hydroxylation is 1. The van der Waals surface area contributed by atoms with E-state index < -0.39 is 0 Å². The molecule has 2 nitrogen and oxygen atoms in total. The van der Waals surface area contributed by atoms with Crippen molar-refractivity contribution in [3.8, 4) is 0 Å². The third-order valence-electron chi connectivity index (χ3n) is 1.12. The Kier molecular flexibility index (Phi) is 4.86. The Morgan fingerprint density at radius 1 is 1.45 bits per heavy atom. The molecule has 0 saturated heterocycles. The quantitative estimate of drug-likeness (QED) is 0.678. The van der Waals surface area contributed by atoms with E-state index in [2.05, 4.69) is 20.9 Å². The first-order valence-corrected chi connectivity index (χ1v) is 4.37. The van der Waals surface area contributed by atoms with Crippen LogP contribution in [0.5, 0.6) is 0 Å². The van der Waals surface area contributed by atoms with Crippen LogP contribution in [0.3, 0.4) is 0 Å². The summed E-state index contributed by atoms with van der Waals surface area (Å²) in [5.74, 6) is 0. The molecule has 0 aliphatic carbocycles. The van der Waals surface area contributed by atoms with Crippen LogP contribution in [-0.2, 0) is 0 Å². The molecule has 3 heteroatoms. The second-order valence-electron chi connectivity index (χ2n) is 1.86. The molecule has 0 amide bonds. The number of aromatic nitrogens is 1. The number of nitrogens with zero attached hydrogens (tertiary/aromatic N) is 1. The zero-order chi connectivity index (χ0) is 8.85. The Morgan fingerprint density at radius 2 is 2.00 bits per heavy atom. The smallest absolute Gasteiger partial charge is 0.106 e. The summed E-state index contributed by atoms with van der Waals surface area (Å²) in [7, 11) is 0. The van der Waals surface area contributed by atoms with Crippen LogP contribution in [0.4, 0.5) is 5.69 Å². The molecule has 0 fully saturated rings. The minimum atomic E-state index is 0.734. The first-order chi connectivity index (χ1) is 5.20. The Hall–Kier alpha value is -0.570. The second-order valence-corrected chi connectivity index (χ2v) is 2.68. The molecule has 0 spiro atoms. The highest BCUT2D eigenvalue weighted by Crippen LogP contribution is 2.12. The minimum Gasteiger partial charge on any atom is -0.397 e. The largest absolute Gasteiger partial charge is 0.397 e. The third kappa shape index (κ3) is 3.37. The van der Waals surface area contributed by atoms with E-state index in [9.17, 15) is 0 Å². The molecule has 1 heterocycles. The molecule has 0 bridgehead atoms. The number of nitrogen functional groups attached to an aromatic ring is 1. The fraction of sp³-hybridized carbons (Fsp3) is 0.375. The van der Waals surface area contributed by atoms with E-state index in [0.717, 1.165) is 15.9 Å². The van der Waals surface area contributed by atoms with Crippen molar-refractivity contribution in [2.24, 2.45) is 0 Å². The van der Waals surface area contributed by atoms with Crippen LogP contribution in [0.1, 0.15) is 19.4 Å². The van der Waals surface area contributed by atoms with Crippen LogP contribution < -0.4 is 5.73 Å². The summed E-state index contributed by atoms with van der Waals surface area (Å²) < 4.78 is 0.828. The lowest BCUT2D eigenvalue weighted by atomic mass is 10.3. The van der Waals surface area contributed by atoms with E-state index in [1.165, 1.54) is 0 Å². The van der Waals surface area contributed by atoms with Crippen LogP contribution >= 0.6 is 15.9 Å². The van der Waals surface area contributed by atoms with Crippen molar-refractivity contribution >= 4 is 21.6 Å². The van der Waals surface area contributed by atoms with Gasteiger partial charge >= 0.3 is 0 Å². The lowest BCUT2D eigenvalue weighted by Crippen LogP contribution is -1.89. The Bertz CT molecular complexity index is 223. The van der Waals surface area contributed by atoms with E-state index in [1.54, 1.807) is 6.20 Å². The van der Waals surface area contributed by atoms with Gasteiger partial charge in [-0.3, -0.25) is 0 Å². The van der Waals surface area contributed by atoms with Crippen molar-refractivity contribution < 1.29 is 0 Å². The molecule has 0 saturated carbocycles. The van der Waals surface area contributed by atoms with Gasteiger partial charge in [0.1, 0.15) is 4.60 Å². The van der Waals surface area contributed by atoms with Gasteiger partial charge in [0.2, 0.25) is 0 Å². The first-order valence-electron chi connectivity index (χ1n) is 3.58. The fourth-order valence-corrected chi connectivity index (χ4v) is 0.978. The predicted molar refractivity (Wildman–Crippen MR) is 52.4 cm³/mol. The van der Waals surface area contributed by atoms with E-state index in [4.69, 9.17) is 5.73 Å². The highest BCUT2D eigenvalue weighted by atomic mass is 79.9. The number of pyridine rings is 1. The van der Waals surface area contributed by atoms with Crippen LogP contribution in [0.2, 0.25) is 0 Å². The lowest BCUT2D eigenvalue weighted by Gasteiger charge is -1.96. The number of halogens is 1. The van der Waals surface area contributed by atoms with Crippen molar-refractivity contribution in [2.45, 2.75) is 20.8 Å². The van der Waals surface area contributed by atoms with E-state index in [1.807, 2.05) is 26.8 Å². The van der Waals surface area contributed by atoms with Crippen LogP contribution in [0, 0.1) is 6.92 Å². The Balaban J connectivity index is 0.000000461. The Labute approximate surface area is 76.0 Å². The van der Waals surface area contributed by atoms with Gasteiger partial charge in [-0.25, -0.2) is 4.98 Å². The topological polar surface area (TPSA) is 38.9 Å². The van der Waals surface area contributed by atoms with E-state index in [0.29, 0.717) is 0 Å². The van der Waals surface area contributed by atoms with Gasteiger partial charge in [-0.1, -0.05) is 13.8 Å². The molecule has 0 aromatic carbocycles. The van der Waals surface area contributed by atoms with Crippen LogP contribution in [0.15, 0.2) is 16.9 Å². The van der Waals surface area contributed by atoms with E-state index in [-0.39, 0.29) is 0 Å². The highest BCUT2D eigenvalue weighted by molar-refractivity contribution is 9.10. The average Bonchev–Trinajstić information content (AvgIpc) is 2.02. The van der Waals surface area contributed by atoms with Crippen LogP contribution in [0.25, 0.3) is 0 Å². The summed E-state index contributed by atoms with van der Waals surface area (Å²) in [5.41, 5.74) is 7.29. The molecule has 11 heavy (non-hydrogen) atoms. The Morgan fingerprint density at radius 3 is 2.36 bits per heavy atom. The van der Waals surface area contributed by atoms with Gasteiger partial charge in [0.15, 0.2) is 0 Å². The van der Waals surface area contributed by atoms with Gasteiger partial charge in [0.05, 0.1) is 11.9 Å². The molecule has 1 aromatic rings. The SMILES string of the molecule is CC.Cc1cc(Br)ncc1N.